The molecular weight excluding hydrogens is 351 g/mol. The van der Waals surface area contributed by atoms with Crippen molar-refractivity contribution in [2.75, 3.05) is 0 Å². The minimum atomic E-state index is -0.364. The number of ether oxygens (including phenoxy) is 1. The van der Waals surface area contributed by atoms with E-state index < -0.39 is 0 Å². The number of hydrogen-bond donors (Lipinski definition) is 0. The molecular formula is C21H16ClFN2O. The second kappa shape index (κ2) is 6.81. The quantitative estimate of drug-likeness (QED) is 0.464. The molecule has 130 valence electrons. The van der Waals surface area contributed by atoms with Gasteiger partial charge in [-0.15, -0.1) is 0 Å². The molecule has 2 aromatic carbocycles. The molecule has 0 aliphatic rings. The van der Waals surface area contributed by atoms with Crippen LogP contribution in [0.25, 0.3) is 16.9 Å². The number of benzene rings is 2. The summed E-state index contributed by atoms with van der Waals surface area (Å²) >= 11 is 5.78. The van der Waals surface area contributed by atoms with Crippen molar-refractivity contribution in [1.82, 2.24) is 9.38 Å². The first kappa shape index (κ1) is 16.6. The maximum atomic E-state index is 13.9. The highest BCUT2D eigenvalue weighted by atomic mass is 35.5. The number of pyridine rings is 1. The van der Waals surface area contributed by atoms with Gasteiger partial charge < -0.3 is 9.14 Å². The van der Waals surface area contributed by atoms with Crippen molar-refractivity contribution >= 4 is 17.2 Å². The molecule has 0 spiro atoms. The van der Waals surface area contributed by atoms with Crippen molar-refractivity contribution in [3.63, 3.8) is 0 Å². The van der Waals surface area contributed by atoms with E-state index in [4.69, 9.17) is 16.3 Å². The van der Waals surface area contributed by atoms with Crippen LogP contribution in [0.1, 0.15) is 11.1 Å². The number of nitrogens with zero attached hydrogens (tertiary/aromatic N) is 2. The van der Waals surface area contributed by atoms with Gasteiger partial charge in [-0.1, -0.05) is 23.7 Å². The molecule has 0 atom stereocenters. The van der Waals surface area contributed by atoms with Gasteiger partial charge in [-0.05, 0) is 55.0 Å². The van der Waals surface area contributed by atoms with Crippen LogP contribution in [0, 0.1) is 12.7 Å². The van der Waals surface area contributed by atoms with Gasteiger partial charge in [-0.25, -0.2) is 9.37 Å². The maximum Gasteiger partial charge on any atom is 0.137 e. The maximum absolute atomic E-state index is 13.9. The summed E-state index contributed by atoms with van der Waals surface area (Å²) in [6, 6.07) is 16.4. The monoisotopic (exact) mass is 366 g/mol. The average Bonchev–Trinajstić information content (AvgIpc) is 3.06. The molecule has 0 aliphatic heterocycles. The predicted octanol–water partition coefficient (Wildman–Crippen LogP) is 5.68. The topological polar surface area (TPSA) is 26.5 Å². The van der Waals surface area contributed by atoms with Crippen molar-refractivity contribution in [1.29, 1.82) is 0 Å². The van der Waals surface area contributed by atoms with Crippen molar-refractivity contribution in [3.8, 4) is 17.0 Å². The molecule has 0 N–H and O–H groups in total. The second-order valence-corrected chi connectivity index (χ2v) is 6.53. The minimum Gasteiger partial charge on any atom is -0.489 e. The molecule has 0 aliphatic carbocycles. The Hall–Kier alpha value is -2.85. The van der Waals surface area contributed by atoms with Gasteiger partial charge in [0.05, 0.1) is 5.69 Å². The first-order valence-corrected chi connectivity index (χ1v) is 8.59. The Labute approximate surface area is 155 Å². The smallest absolute Gasteiger partial charge is 0.137 e. The summed E-state index contributed by atoms with van der Waals surface area (Å²) in [6.45, 7) is 2.12. The number of rotatable bonds is 4. The number of hydrogen-bond acceptors (Lipinski definition) is 2. The van der Waals surface area contributed by atoms with Gasteiger partial charge in [-0.2, -0.15) is 0 Å². The van der Waals surface area contributed by atoms with Crippen LogP contribution in [-0.2, 0) is 6.61 Å². The molecule has 26 heavy (non-hydrogen) atoms. The van der Waals surface area contributed by atoms with Crippen molar-refractivity contribution < 1.29 is 9.13 Å². The van der Waals surface area contributed by atoms with Crippen LogP contribution in [0.5, 0.6) is 5.75 Å². The van der Waals surface area contributed by atoms with E-state index in [1.807, 2.05) is 60.1 Å². The third-order valence-corrected chi connectivity index (χ3v) is 4.47. The summed E-state index contributed by atoms with van der Waals surface area (Å²) < 4.78 is 21.6. The fourth-order valence-corrected chi connectivity index (χ4v) is 3.00. The van der Waals surface area contributed by atoms with E-state index in [1.54, 1.807) is 12.1 Å². The highest BCUT2D eigenvalue weighted by molar-refractivity contribution is 6.30. The second-order valence-electron chi connectivity index (χ2n) is 6.10. The third kappa shape index (κ3) is 3.28. The van der Waals surface area contributed by atoms with Crippen LogP contribution in [0.4, 0.5) is 4.39 Å². The lowest BCUT2D eigenvalue weighted by Crippen LogP contribution is -1.99. The predicted molar refractivity (Wildman–Crippen MR) is 101 cm³/mol. The Balaban J connectivity index is 1.55. The zero-order valence-electron chi connectivity index (χ0n) is 14.1. The molecule has 5 heteroatoms. The molecule has 0 bridgehead atoms. The van der Waals surface area contributed by atoms with E-state index in [1.165, 1.54) is 6.07 Å². The summed E-state index contributed by atoms with van der Waals surface area (Å²) in [5.74, 6) is 0.350. The summed E-state index contributed by atoms with van der Waals surface area (Å²) in [6.07, 6.45) is 3.96. The van der Waals surface area contributed by atoms with E-state index >= 15 is 0 Å². The SMILES string of the molecule is Cc1cc(-c2cn3ccccc3n2)ccc1OCc1ccc(Cl)cc1F. The molecule has 3 nitrogen and oxygen atoms in total. The van der Waals surface area contributed by atoms with Crippen LogP contribution < -0.4 is 4.74 Å². The first-order valence-electron chi connectivity index (χ1n) is 8.21. The first-order chi connectivity index (χ1) is 12.6. The summed E-state index contributed by atoms with van der Waals surface area (Å²) in [5, 5.41) is 0.374. The van der Waals surface area contributed by atoms with E-state index in [-0.39, 0.29) is 12.4 Å². The van der Waals surface area contributed by atoms with Gasteiger partial charge in [0.25, 0.3) is 0 Å². The van der Waals surface area contributed by atoms with Gasteiger partial charge >= 0.3 is 0 Å². The Morgan fingerprint density at radius 1 is 1.12 bits per heavy atom. The summed E-state index contributed by atoms with van der Waals surface area (Å²) in [5.41, 5.74) is 4.25. The van der Waals surface area contributed by atoms with Gasteiger partial charge in [0, 0.05) is 28.5 Å². The Morgan fingerprint density at radius 2 is 2.00 bits per heavy atom. The van der Waals surface area contributed by atoms with Crippen molar-refractivity contribution in [2.45, 2.75) is 13.5 Å². The molecule has 0 saturated heterocycles. The van der Waals surface area contributed by atoms with Crippen LogP contribution in [0.15, 0.2) is 67.0 Å². The van der Waals surface area contributed by atoms with Crippen LogP contribution in [-0.4, -0.2) is 9.38 Å². The van der Waals surface area contributed by atoms with Crippen LogP contribution >= 0.6 is 11.6 Å². The fourth-order valence-electron chi connectivity index (χ4n) is 2.84. The van der Waals surface area contributed by atoms with E-state index in [0.717, 1.165) is 22.5 Å². The zero-order valence-corrected chi connectivity index (χ0v) is 14.9. The standard InChI is InChI=1S/C21H16ClFN2O/c1-14-10-15(19-12-25-9-3-2-4-21(25)24-19)6-8-20(14)26-13-16-5-7-17(22)11-18(16)23/h2-12H,13H2,1H3. The van der Waals surface area contributed by atoms with Crippen LogP contribution in [0.2, 0.25) is 5.02 Å². The molecule has 4 aromatic rings. The Kier molecular flexibility index (Phi) is 4.35. The molecule has 2 heterocycles. The Bertz CT molecular complexity index is 1060. The summed E-state index contributed by atoms with van der Waals surface area (Å²) in [4.78, 5) is 4.63. The van der Waals surface area contributed by atoms with Crippen molar-refractivity contribution in [3.05, 3.63) is 89.0 Å². The highest BCUT2D eigenvalue weighted by Gasteiger charge is 2.09. The van der Waals surface area contributed by atoms with E-state index in [0.29, 0.717) is 16.3 Å². The highest BCUT2D eigenvalue weighted by Crippen LogP contribution is 2.27. The lowest BCUT2D eigenvalue weighted by Gasteiger charge is -2.11. The molecule has 0 saturated carbocycles. The molecule has 0 amide bonds. The lowest BCUT2D eigenvalue weighted by molar-refractivity contribution is 0.298. The van der Waals surface area contributed by atoms with Gasteiger partial charge in [0.15, 0.2) is 0 Å². The molecule has 0 fully saturated rings. The normalized spacial score (nSPS) is 11.0. The number of fused-ring (bicyclic) bond motifs is 1. The zero-order chi connectivity index (χ0) is 18.1. The third-order valence-electron chi connectivity index (χ3n) is 4.23. The van der Waals surface area contributed by atoms with Crippen LogP contribution in [0.3, 0.4) is 0 Å². The van der Waals surface area contributed by atoms with E-state index in [2.05, 4.69) is 4.98 Å². The molecule has 2 aromatic heterocycles. The Morgan fingerprint density at radius 3 is 2.77 bits per heavy atom. The number of aromatic nitrogens is 2. The van der Waals surface area contributed by atoms with Gasteiger partial charge in [-0.3, -0.25) is 0 Å². The molecule has 4 rings (SSSR count). The average molecular weight is 367 g/mol. The lowest BCUT2D eigenvalue weighted by atomic mass is 10.1. The minimum absolute atomic E-state index is 0.150. The fraction of sp³-hybridized carbons (Fsp3) is 0.0952. The number of halogens is 2. The molecule has 0 radical (unpaired) electrons. The number of aryl methyl sites for hydroxylation is 1. The van der Waals surface area contributed by atoms with Gasteiger partial charge in [0.1, 0.15) is 23.8 Å². The molecule has 0 unspecified atom stereocenters. The largest absolute Gasteiger partial charge is 0.489 e. The van der Waals surface area contributed by atoms with E-state index in [9.17, 15) is 4.39 Å². The number of imidazole rings is 1. The van der Waals surface area contributed by atoms with Crippen molar-refractivity contribution in [2.24, 2.45) is 0 Å². The van der Waals surface area contributed by atoms with Gasteiger partial charge in [0.2, 0.25) is 0 Å². The summed E-state index contributed by atoms with van der Waals surface area (Å²) in [7, 11) is 0.